The van der Waals surface area contributed by atoms with Gasteiger partial charge < -0.3 is 10.7 Å². The number of hydrogen-bond acceptors (Lipinski definition) is 1. The number of fused-ring (bicyclic) bond motifs is 1. The average Bonchev–Trinajstić information content (AvgIpc) is 2.60. The van der Waals surface area contributed by atoms with Crippen molar-refractivity contribution in [2.24, 2.45) is 0 Å². The molecule has 0 bridgehead atoms. The standard InChI is InChI=1S/C11H14N2/c1-3-8-6-7(2)11-9(10(8)12)4-5-13-11/h4-6,13H,3,12H2,1-2H3. The molecule has 0 atom stereocenters. The van der Waals surface area contributed by atoms with E-state index in [1.165, 1.54) is 11.1 Å². The van der Waals surface area contributed by atoms with Crippen LogP contribution in [0.1, 0.15) is 18.1 Å². The van der Waals surface area contributed by atoms with E-state index < -0.39 is 0 Å². The van der Waals surface area contributed by atoms with Crippen LogP contribution >= 0.6 is 0 Å². The minimum atomic E-state index is 0.921. The van der Waals surface area contributed by atoms with Crippen molar-refractivity contribution in [1.29, 1.82) is 0 Å². The summed E-state index contributed by atoms with van der Waals surface area (Å²) in [6, 6.07) is 4.20. The summed E-state index contributed by atoms with van der Waals surface area (Å²) < 4.78 is 0. The third-order valence-corrected chi connectivity index (χ3v) is 2.55. The Hall–Kier alpha value is -1.44. The molecular formula is C11H14N2. The highest BCUT2D eigenvalue weighted by Crippen LogP contribution is 2.27. The summed E-state index contributed by atoms with van der Waals surface area (Å²) in [7, 11) is 0. The van der Waals surface area contributed by atoms with Crippen molar-refractivity contribution in [3.05, 3.63) is 29.5 Å². The van der Waals surface area contributed by atoms with Gasteiger partial charge in [0.1, 0.15) is 0 Å². The van der Waals surface area contributed by atoms with Crippen molar-refractivity contribution < 1.29 is 0 Å². The van der Waals surface area contributed by atoms with E-state index in [9.17, 15) is 0 Å². The van der Waals surface area contributed by atoms with Gasteiger partial charge in [0, 0.05) is 17.3 Å². The van der Waals surface area contributed by atoms with Crippen LogP contribution in [0.4, 0.5) is 5.69 Å². The fourth-order valence-corrected chi connectivity index (χ4v) is 1.80. The van der Waals surface area contributed by atoms with Gasteiger partial charge in [-0.3, -0.25) is 0 Å². The van der Waals surface area contributed by atoms with E-state index in [4.69, 9.17) is 5.73 Å². The molecule has 0 amide bonds. The summed E-state index contributed by atoms with van der Waals surface area (Å²) in [5.74, 6) is 0. The number of aromatic nitrogens is 1. The highest BCUT2D eigenvalue weighted by Gasteiger charge is 2.06. The summed E-state index contributed by atoms with van der Waals surface area (Å²) in [5, 5.41) is 1.15. The number of benzene rings is 1. The maximum atomic E-state index is 6.02. The molecule has 13 heavy (non-hydrogen) atoms. The summed E-state index contributed by atoms with van der Waals surface area (Å²) in [4.78, 5) is 3.20. The Kier molecular flexibility index (Phi) is 1.76. The minimum Gasteiger partial charge on any atom is -0.398 e. The molecule has 0 spiro atoms. The van der Waals surface area contributed by atoms with Crippen molar-refractivity contribution in [2.75, 3.05) is 5.73 Å². The van der Waals surface area contributed by atoms with Gasteiger partial charge in [0.05, 0.1) is 5.52 Å². The number of nitrogens with two attached hydrogens (primary N) is 1. The molecule has 1 aromatic heterocycles. The first-order chi connectivity index (χ1) is 6.24. The summed E-state index contributed by atoms with van der Waals surface area (Å²) in [5.41, 5.74) is 10.6. The van der Waals surface area contributed by atoms with Gasteiger partial charge >= 0.3 is 0 Å². The molecule has 0 radical (unpaired) electrons. The average molecular weight is 174 g/mol. The van der Waals surface area contributed by atoms with Gasteiger partial charge in [0.25, 0.3) is 0 Å². The van der Waals surface area contributed by atoms with Crippen LogP contribution in [0.5, 0.6) is 0 Å². The second-order valence-electron chi connectivity index (χ2n) is 3.39. The van der Waals surface area contributed by atoms with Gasteiger partial charge in [-0.1, -0.05) is 13.0 Å². The Morgan fingerprint density at radius 3 is 2.92 bits per heavy atom. The number of nitrogens with one attached hydrogen (secondary N) is 1. The summed E-state index contributed by atoms with van der Waals surface area (Å²) in [6.07, 6.45) is 2.93. The summed E-state index contributed by atoms with van der Waals surface area (Å²) in [6.45, 7) is 4.24. The molecule has 0 fully saturated rings. The Morgan fingerprint density at radius 2 is 2.23 bits per heavy atom. The second-order valence-corrected chi connectivity index (χ2v) is 3.39. The number of H-pyrrole nitrogens is 1. The van der Waals surface area contributed by atoms with E-state index in [0.29, 0.717) is 0 Å². The van der Waals surface area contributed by atoms with Crippen LogP contribution in [0.3, 0.4) is 0 Å². The predicted molar refractivity (Wildman–Crippen MR) is 56.8 cm³/mol. The highest BCUT2D eigenvalue weighted by atomic mass is 14.7. The molecule has 0 saturated carbocycles. The Bertz CT molecular complexity index is 441. The number of nitrogen functional groups attached to an aromatic ring is 1. The van der Waals surface area contributed by atoms with Gasteiger partial charge in [-0.2, -0.15) is 0 Å². The van der Waals surface area contributed by atoms with Crippen LogP contribution in [0.2, 0.25) is 0 Å². The molecule has 2 heteroatoms. The maximum absolute atomic E-state index is 6.02. The highest BCUT2D eigenvalue weighted by molar-refractivity contribution is 5.94. The molecule has 0 unspecified atom stereocenters. The molecule has 68 valence electrons. The van der Waals surface area contributed by atoms with E-state index >= 15 is 0 Å². The lowest BCUT2D eigenvalue weighted by atomic mass is 10.0. The lowest BCUT2D eigenvalue weighted by Crippen LogP contribution is -1.94. The summed E-state index contributed by atoms with van der Waals surface area (Å²) >= 11 is 0. The van der Waals surface area contributed by atoms with E-state index in [2.05, 4.69) is 24.9 Å². The van der Waals surface area contributed by atoms with Gasteiger partial charge in [-0.25, -0.2) is 0 Å². The van der Waals surface area contributed by atoms with Crippen LogP contribution in [-0.4, -0.2) is 4.98 Å². The molecule has 2 aromatic rings. The largest absolute Gasteiger partial charge is 0.398 e. The number of hydrogen-bond donors (Lipinski definition) is 2. The molecule has 1 aromatic carbocycles. The van der Waals surface area contributed by atoms with Crippen LogP contribution in [0.15, 0.2) is 18.3 Å². The van der Waals surface area contributed by atoms with Gasteiger partial charge in [-0.05, 0) is 30.5 Å². The van der Waals surface area contributed by atoms with Gasteiger partial charge in [-0.15, -0.1) is 0 Å². The second kappa shape index (κ2) is 2.80. The van der Waals surface area contributed by atoms with Crippen molar-refractivity contribution >= 4 is 16.6 Å². The smallest absolute Gasteiger partial charge is 0.0504 e. The lowest BCUT2D eigenvalue weighted by molar-refractivity contribution is 1.14. The van der Waals surface area contributed by atoms with Crippen LogP contribution in [-0.2, 0) is 6.42 Å². The first kappa shape index (κ1) is 8.17. The van der Waals surface area contributed by atoms with Gasteiger partial charge in [0.15, 0.2) is 0 Å². The quantitative estimate of drug-likeness (QED) is 0.641. The third-order valence-electron chi connectivity index (χ3n) is 2.55. The van der Waals surface area contributed by atoms with Crippen molar-refractivity contribution in [1.82, 2.24) is 4.98 Å². The zero-order valence-electron chi connectivity index (χ0n) is 8.02. The number of anilines is 1. The topological polar surface area (TPSA) is 41.8 Å². The van der Waals surface area contributed by atoms with Crippen LogP contribution < -0.4 is 5.73 Å². The van der Waals surface area contributed by atoms with E-state index in [1.807, 2.05) is 12.3 Å². The van der Waals surface area contributed by atoms with Crippen molar-refractivity contribution in [3.8, 4) is 0 Å². The van der Waals surface area contributed by atoms with E-state index in [-0.39, 0.29) is 0 Å². The molecule has 0 aliphatic heterocycles. The number of aromatic amines is 1. The van der Waals surface area contributed by atoms with Crippen LogP contribution in [0, 0.1) is 6.92 Å². The zero-order valence-corrected chi connectivity index (χ0v) is 8.02. The van der Waals surface area contributed by atoms with Crippen molar-refractivity contribution in [2.45, 2.75) is 20.3 Å². The van der Waals surface area contributed by atoms with Gasteiger partial charge in [0.2, 0.25) is 0 Å². The SMILES string of the molecule is CCc1cc(C)c2[nH]ccc2c1N. The molecule has 0 saturated heterocycles. The van der Waals surface area contributed by atoms with E-state index in [0.717, 1.165) is 23.0 Å². The molecule has 1 heterocycles. The molecule has 2 nitrogen and oxygen atoms in total. The fourth-order valence-electron chi connectivity index (χ4n) is 1.80. The monoisotopic (exact) mass is 174 g/mol. The normalized spacial score (nSPS) is 10.9. The maximum Gasteiger partial charge on any atom is 0.0504 e. The molecular weight excluding hydrogens is 160 g/mol. The predicted octanol–water partition coefficient (Wildman–Crippen LogP) is 2.62. The molecule has 2 rings (SSSR count). The molecule has 3 N–H and O–H groups in total. The third kappa shape index (κ3) is 1.10. The minimum absolute atomic E-state index is 0.921. The van der Waals surface area contributed by atoms with E-state index in [1.54, 1.807) is 0 Å². The van der Waals surface area contributed by atoms with Crippen molar-refractivity contribution in [3.63, 3.8) is 0 Å². The Labute approximate surface area is 77.8 Å². The first-order valence-corrected chi connectivity index (χ1v) is 4.59. The Morgan fingerprint density at radius 1 is 1.46 bits per heavy atom. The fraction of sp³-hybridized carbons (Fsp3) is 0.273. The Balaban J connectivity index is 2.85. The first-order valence-electron chi connectivity index (χ1n) is 4.59. The number of aryl methyl sites for hydroxylation is 2. The lowest BCUT2D eigenvalue weighted by Gasteiger charge is -2.06. The van der Waals surface area contributed by atoms with Crippen LogP contribution in [0.25, 0.3) is 10.9 Å². The molecule has 0 aliphatic carbocycles. The number of rotatable bonds is 1. The zero-order chi connectivity index (χ0) is 9.42. The molecule has 0 aliphatic rings.